The summed E-state index contributed by atoms with van der Waals surface area (Å²) in [5.74, 6) is 0.358. The number of ketones is 1. The van der Waals surface area contributed by atoms with Gasteiger partial charge in [-0.25, -0.2) is 14.2 Å². The molecule has 0 aliphatic carbocycles. The molecule has 0 amide bonds. The normalized spacial score (nSPS) is 11.6. The lowest BCUT2D eigenvalue weighted by Gasteiger charge is -2.10. The maximum Gasteiger partial charge on any atom is 0.234 e. The molecule has 0 saturated carbocycles. The number of Topliss-reactive ketones (excluding diaryl/α,β-unsaturated/α-hetero) is 1. The molecule has 160 valence electrons. The monoisotopic (exact) mass is 442 g/mol. The lowest BCUT2D eigenvalue weighted by atomic mass is 10.1. The largest absolute Gasteiger partial charge is 0.299 e. The van der Waals surface area contributed by atoms with Gasteiger partial charge in [0.2, 0.25) is 5.95 Å². The average Bonchev–Trinajstić information content (AvgIpc) is 2.85. The van der Waals surface area contributed by atoms with E-state index >= 15 is 0 Å². The van der Waals surface area contributed by atoms with E-state index in [1.54, 1.807) is 24.8 Å². The van der Waals surface area contributed by atoms with Crippen LogP contribution in [0, 0.1) is 0 Å². The summed E-state index contributed by atoms with van der Waals surface area (Å²) in [5, 5.41) is 0. The number of benzene rings is 2. The predicted molar refractivity (Wildman–Crippen MR) is 125 cm³/mol. The fourth-order valence-corrected chi connectivity index (χ4v) is 4.24. The van der Waals surface area contributed by atoms with Crippen molar-refractivity contribution in [3.8, 4) is 11.1 Å². The zero-order chi connectivity index (χ0) is 22.2. The van der Waals surface area contributed by atoms with Crippen LogP contribution in [0.3, 0.4) is 0 Å². The molecule has 0 aliphatic heterocycles. The van der Waals surface area contributed by atoms with Gasteiger partial charge in [0.05, 0.1) is 4.90 Å². The fourth-order valence-electron chi connectivity index (χ4n) is 3.27. The molecule has 0 spiro atoms. The highest BCUT2D eigenvalue weighted by molar-refractivity contribution is 7.86. The Bertz CT molecular complexity index is 1200. The summed E-state index contributed by atoms with van der Waals surface area (Å²) >= 11 is 0. The van der Waals surface area contributed by atoms with Crippen molar-refractivity contribution < 1.29 is 9.00 Å². The Hall–Kier alpha value is -3.71. The van der Waals surface area contributed by atoms with Crippen molar-refractivity contribution in [1.82, 2.24) is 15.0 Å². The van der Waals surface area contributed by atoms with Gasteiger partial charge in [0, 0.05) is 37.6 Å². The minimum absolute atomic E-state index is 0.110. The quantitative estimate of drug-likeness (QED) is 0.415. The van der Waals surface area contributed by atoms with Crippen molar-refractivity contribution in [1.29, 1.82) is 0 Å². The Kier molecular flexibility index (Phi) is 7.09. The first-order chi connectivity index (χ1) is 15.7. The summed E-state index contributed by atoms with van der Waals surface area (Å²) in [6.45, 7) is 0. The molecular weight excluding hydrogens is 420 g/mol. The summed E-state index contributed by atoms with van der Waals surface area (Å²) in [6, 6.07) is 21.1. The van der Waals surface area contributed by atoms with Crippen LogP contribution >= 0.6 is 0 Å². The Labute approximate surface area is 189 Å². The highest BCUT2D eigenvalue weighted by Gasteiger charge is 2.13. The van der Waals surface area contributed by atoms with E-state index in [2.05, 4.69) is 19.7 Å². The zero-order valence-corrected chi connectivity index (χ0v) is 18.2. The third-order valence-corrected chi connectivity index (χ3v) is 6.00. The van der Waals surface area contributed by atoms with Crippen LogP contribution in [0.2, 0.25) is 0 Å². The number of aryl methyl sites for hydroxylation is 1. The number of carbonyl (C=O) groups is 1. The van der Waals surface area contributed by atoms with Crippen molar-refractivity contribution in [3.63, 3.8) is 0 Å². The van der Waals surface area contributed by atoms with Crippen LogP contribution in [-0.4, -0.2) is 24.9 Å². The molecule has 1 unspecified atom stereocenters. The molecule has 2 heterocycles. The molecule has 0 bridgehead atoms. The van der Waals surface area contributed by atoms with Gasteiger partial charge in [0.1, 0.15) is 5.78 Å². The van der Waals surface area contributed by atoms with E-state index < -0.39 is 11.0 Å². The topological polar surface area (TPSA) is 84.8 Å². The van der Waals surface area contributed by atoms with Gasteiger partial charge in [-0.15, -0.1) is 0 Å². The Balaban J connectivity index is 1.37. The third kappa shape index (κ3) is 5.70. The van der Waals surface area contributed by atoms with Gasteiger partial charge in [-0.1, -0.05) is 54.6 Å². The molecule has 1 atom stereocenters. The second-order valence-electron chi connectivity index (χ2n) is 7.22. The maximum atomic E-state index is 13.0. The molecule has 32 heavy (non-hydrogen) atoms. The van der Waals surface area contributed by atoms with E-state index in [1.807, 2.05) is 66.7 Å². The lowest BCUT2D eigenvalue weighted by molar-refractivity contribution is -0.118. The second-order valence-corrected chi connectivity index (χ2v) is 8.41. The van der Waals surface area contributed by atoms with Crippen LogP contribution in [0.15, 0.2) is 96.4 Å². The molecule has 0 aliphatic rings. The van der Waals surface area contributed by atoms with Crippen molar-refractivity contribution in [2.45, 2.75) is 24.2 Å². The fraction of sp³-hybridized carbons (Fsp3) is 0.120. The first-order valence-electron chi connectivity index (χ1n) is 10.2. The molecule has 2 aromatic carbocycles. The average molecular weight is 443 g/mol. The number of nitrogens with zero attached hydrogens (tertiary/aromatic N) is 3. The van der Waals surface area contributed by atoms with Gasteiger partial charge in [-0.2, -0.15) is 0 Å². The molecule has 1 N–H and O–H groups in total. The molecule has 6 nitrogen and oxygen atoms in total. The Morgan fingerprint density at radius 1 is 0.844 bits per heavy atom. The van der Waals surface area contributed by atoms with Gasteiger partial charge >= 0.3 is 0 Å². The molecule has 0 fully saturated rings. The summed E-state index contributed by atoms with van der Waals surface area (Å²) in [4.78, 5) is 25.5. The second kappa shape index (κ2) is 10.5. The summed E-state index contributed by atoms with van der Waals surface area (Å²) < 4.78 is 15.8. The predicted octanol–water partition coefficient (Wildman–Crippen LogP) is 4.42. The maximum absolute atomic E-state index is 13.0. The van der Waals surface area contributed by atoms with Crippen LogP contribution < -0.4 is 4.72 Å². The van der Waals surface area contributed by atoms with Crippen LogP contribution in [0.25, 0.3) is 11.1 Å². The van der Waals surface area contributed by atoms with E-state index in [1.165, 1.54) is 0 Å². The number of hydrogen-bond acceptors (Lipinski definition) is 5. The minimum Gasteiger partial charge on any atom is -0.299 e. The Morgan fingerprint density at radius 2 is 1.59 bits per heavy atom. The van der Waals surface area contributed by atoms with Crippen LogP contribution in [0.1, 0.15) is 17.5 Å². The number of carbonyl (C=O) groups excluding carboxylic acids is 1. The van der Waals surface area contributed by atoms with Crippen LogP contribution in [0.5, 0.6) is 0 Å². The standard InChI is InChI=1S/C25H22N4O2S/c30-22(13-12-19-7-6-14-26-16-19)15-20-17-27-25(28-18-20)29-32(31)24-11-5-4-10-23(24)21-8-2-1-3-9-21/h1-11,14,16-18H,12-13,15H2,(H,27,28,29). The zero-order valence-electron chi connectivity index (χ0n) is 17.3. The molecule has 0 radical (unpaired) electrons. The van der Waals surface area contributed by atoms with Crippen LogP contribution in [-0.2, 0) is 28.6 Å². The van der Waals surface area contributed by atoms with Gasteiger partial charge in [-0.05, 0) is 40.8 Å². The van der Waals surface area contributed by atoms with Crippen molar-refractivity contribution in [3.05, 3.63) is 103 Å². The molecule has 4 aromatic rings. The molecule has 7 heteroatoms. The highest BCUT2D eigenvalue weighted by atomic mass is 32.2. The number of nitrogens with one attached hydrogen (secondary N) is 1. The van der Waals surface area contributed by atoms with E-state index in [-0.39, 0.29) is 18.2 Å². The van der Waals surface area contributed by atoms with Crippen molar-refractivity contribution in [2.75, 3.05) is 4.72 Å². The van der Waals surface area contributed by atoms with E-state index in [9.17, 15) is 9.00 Å². The van der Waals surface area contributed by atoms with E-state index in [0.29, 0.717) is 17.7 Å². The van der Waals surface area contributed by atoms with Gasteiger partial charge in [-0.3, -0.25) is 14.5 Å². The summed E-state index contributed by atoms with van der Waals surface area (Å²) in [5.41, 5.74) is 3.63. The number of hydrogen-bond donors (Lipinski definition) is 1. The third-order valence-electron chi connectivity index (χ3n) is 4.88. The number of aromatic nitrogens is 3. The van der Waals surface area contributed by atoms with Crippen molar-refractivity contribution in [2.24, 2.45) is 0 Å². The summed E-state index contributed by atoms with van der Waals surface area (Å²) in [6.07, 6.45) is 8.03. The van der Waals surface area contributed by atoms with Crippen molar-refractivity contribution >= 4 is 22.7 Å². The number of anilines is 1. The Morgan fingerprint density at radius 3 is 2.34 bits per heavy atom. The number of rotatable bonds is 9. The van der Waals surface area contributed by atoms with Gasteiger partial charge < -0.3 is 0 Å². The van der Waals surface area contributed by atoms with Crippen LogP contribution in [0.4, 0.5) is 5.95 Å². The van der Waals surface area contributed by atoms with E-state index in [4.69, 9.17) is 0 Å². The first-order valence-corrected chi connectivity index (χ1v) is 11.4. The molecular formula is C25H22N4O2S. The summed E-state index contributed by atoms with van der Waals surface area (Å²) in [7, 11) is -1.54. The minimum atomic E-state index is -1.54. The first kappa shape index (κ1) is 21.5. The highest BCUT2D eigenvalue weighted by Crippen LogP contribution is 2.26. The SMILES string of the molecule is O=C(CCc1cccnc1)Cc1cnc(NS(=O)c2ccccc2-c2ccccc2)nc1. The molecule has 4 rings (SSSR count). The number of pyridine rings is 1. The molecule has 0 saturated heterocycles. The van der Waals surface area contributed by atoms with Gasteiger partial charge in [0.25, 0.3) is 0 Å². The van der Waals surface area contributed by atoms with Gasteiger partial charge in [0.15, 0.2) is 11.0 Å². The molecule has 2 aromatic heterocycles. The smallest absolute Gasteiger partial charge is 0.234 e. The lowest BCUT2D eigenvalue weighted by Crippen LogP contribution is -2.10. The van der Waals surface area contributed by atoms with E-state index in [0.717, 1.165) is 22.3 Å².